The molecular formula is C14H19ClN2O3. The molecule has 1 heterocycles. The monoisotopic (exact) mass is 298 g/mol. The van der Waals surface area contributed by atoms with Crippen LogP contribution in [0.25, 0.3) is 0 Å². The van der Waals surface area contributed by atoms with Gasteiger partial charge in [0.15, 0.2) is 0 Å². The fraction of sp³-hybridized carbons (Fsp3) is 0.500. The summed E-state index contributed by atoms with van der Waals surface area (Å²) in [7, 11) is 1.67. The molecule has 0 spiro atoms. The molecule has 1 atom stereocenters. The Balaban J connectivity index is 1.73. The van der Waals surface area contributed by atoms with Crippen molar-refractivity contribution in [1.29, 1.82) is 0 Å². The zero-order valence-electron chi connectivity index (χ0n) is 11.4. The lowest BCUT2D eigenvalue weighted by molar-refractivity contribution is -0.115. The van der Waals surface area contributed by atoms with Crippen LogP contribution in [0, 0.1) is 0 Å². The maximum absolute atomic E-state index is 11.8. The maximum Gasteiger partial charge on any atom is 0.238 e. The number of carbonyl (C=O) groups is 1. The van der Waals surface area contributed by atoms with E-state index in [9.17, 15) is 4.79 Å². The van der Waals surface area contributed by atoms with Gasteiger partial charge in [-0.05, 0) is 24.3 Å². The topological polar surface area (TPSA) is 59.6 Å². The van der Waals surface area contributed by atoms with E-state index in [0.29, 0.717) is 24.8 Å². The molecule has 6 heteroatoms. The van der Waals surface area contributed by atoms with Crippen LogP contribution < -0.4 is 10.6 Å². The van der Waals surface area contributed by atoms with E-state index in [1.165, 1.54) is 0 Å². The van der Waals surface area contributed by atoms with Gasteiger partial charge in [0.1, 0.15) is 5.60 Å². The smallest absolute Gasteiger partial charge is 0.238 e. The molecule has 110 valence electrons. The van der Waals surface area contributed by atoms with Crippen LogP contribution in [0.1, 0.15) is 6.42 Å². The summed E-state index contributed by atoms with van der Waals surface area (Å²) < 4.78 is 10.8. The fourth-order valence-corrected chi connectivity index (χ4v) is 2.23. The van der Waals surface area contributed by atoms with Crippen molar-refractivity contribution in [3.63, 3.8) is 0 Å². The van der Waals surface area contributed by atoms with Crippen LogP contribution in [0.3, 0.4) is 0 Å². The van der Waals surface area contributed by atoms with Gasteiger partial charge < -0.3 is 20.1 Å². The van der Waals surface area contributed by atoms with Gasteiger partial charge in [-0.3, -0.25) is 4.79 Å². The molecule has 1 aliphatic rings. The lowest BCUT2D eigenvalue weighted by atomic mass is 10.0. The van der Waals surface area contributed by atoms with Crippen molar-refractivity contribution < 1.29 is 14.3 Å². The Hall–Kier alpha value is -1.14. The van der Waals surface area contributed by atoms with Crippen LogP contribution >= 0.6 is 11.6 Å². The first-order chi connectivity index (χ1) is 9.63. The Morgan fingerprint density at radius 2 is 2.20 bits per heavy atom. The Morgan fingerprint density at radius 3 is 2.80 bits per heavy atom. The van der Waals surface area contributed by atoms with Crippen molar-refractivity contribution in [2.75, 3.05) is 38.7 Å². The Bertz CT molecular complexity index is 444. The van der Waals surface area contributed by atoms with Crippen molar-refractivity contribution in [3.8, 4) is 0 Å². The van der Waals surface area contributed by atoms with Crippen LogP contribution in [0.2, 0.25) is 5.02 Å². The second kappa shape index (κ2) is 7.04. The molecule has 2 rings (SSSR count). The third kappa shape index (κ3) is 4.18. The molecule has 1 fully saturated rings. The number of hydrogen-bond donors (Lipinski definition) is 2. The van der Waals surface area contributed by atoms with E-state index >= 15 is 0 Å². The number of amides is 1. The highest BCUT2D eigenvalue weighted by atomic mass is 35.5. The van der Waals surface area contributed by atoms with Crippen molar-refractivity contribution in [2.24, 2.45) is 0 Å². The van der Waals surface area contributed by atoms with E-state index in [0.717, 1.165) is 12.1 Å². The molecule has 0 bridgehead atoms. The summed E-state index contributed by atoms with van der Waals surface area (Å²) in [4.78, 5) is 11.8. The van der Waals surface area contributed by atoms with Gasteiger partial charge in [0.2, 0.25) is 5.91 Å². The highest BCUT2D eigenvalue weighted by molar-refractivity contribution is 6.30. The van der Waals surface area contributed by atoms with Gasteiger partial charge in [0.25, 0.3) is 0 Å². The van der Waals surface area contributed by atoms with Gasteiger partial charge >= 0.3 is 0 Å². The molecule has 1 aromatic rings. The molecule has 2 N–H and O–H groups in total. The van der Waals surface area contributed by atoms with Gasteiger partial charge in [0, 0.05) is 37.4 Å². The Labute approximate surface area is 123 Å². The number of rotatable bonds is 6. The van der Waals surface area contributed by atoms with Crippen molar-refractivity contribution in [3.05, 3.63) is 29.3 Å². The molecule has 0 radical (unpaired) electrons. The summed E-state index contributed by atoms with van der Waals surface area (Å²) in [6, 6.07) is 7.00. The van der Waals surface area contributed by atoms with E-state index in [1.54, 1.807) is 31.4 Å². The molecule has 5 nitrogen and oxygen atoms in total. The van der Waals surface area contributed by atoms with Crippen LogP contribution in [0.4, 0.5) is 5.69 Å². The molecule has 1 unspecified atom stereocenters. The molecule has 0 saturated carbocycles. The average Bonchev–Trinajstić information content (AvgIpc) is 2.91. The Kier molecular flexibility index (Phi) is 5.37. The van der Waals surface area contributed by atoms with E-state index in [1.807, 2.05) is 0 Å². The van der Waals surface area contributed by atoms with Crippen molar-refractivity contribution in [1.82, 2.24) is 5.32 Å². The number of methoxy groups -OCH3 is 1. The third-order valence-corrected chi connectivity index (χ3v) is 3.61. The zero-order chi connectivity index (χ0) is 14.4. The number of ether oxygens (including phenoxy) is 2. The van der Waals surface area contributed by atoms with Crippen molar-refractivity contribution in [2.45, 2.75) is 12.0 Å². The van der Waals surface area contributed by atoms with Crippen LogP contribution in [0.15, 0.2) is 24.3 Å². The summed E-state index contributed by atoms with van der Waals surface area (Å²) in [6.07, 6.45) is 0.843. The lowest BCUT2D eigenvalue weighted by Crippen LogP contribution is -2.45. The maximum atomic E-state index is 11.8. The van der Waals surface area contributed by atoms with E-state index in [4.69, 9.17) is 21.1 Å². The Morgan fingerprint density at radius 1 is 1.45 bits per heavy atom. The van der Waals surface area contributed by atoms with Gasteiger partial charge in [-0.25, -0.2) is 0 Å². The fourth-order valence-electron chi connectivity index (χ4n) is 2.10. The van der Waals surface area contributed by atoms with Crippen LogP contribution in [0.5, 0.6) is 0 Å². The second-order valence-corrected chi connectivity index (χ2v) is 5.28. The minimum Gasteiger partial charge on any atom is -0.378 e. The number of nitrogens with one attached hydrogen (secondary N) is 2. The zero-order valence-corrected chi connectivity index (χ0v) is 12.2. The summed E-state index contributed by atoms with van der Waals surface area (Å²) in [5, 5.41) is 6.54. The summed E-state index contributed by atoms with van der Waals surface area (Å²) in [5.74, 6) is -0.0995. The molecule has 0 aliphatic carbocycles. The SMILES string of the molecule is COC1(CNCC(=O)Nc2ccc(Cl)cc2)CCOC1. The second-order valence-electron chi connectivity index (χ2n) is 4.85. The first-order valence-electron chi connectivity index (χ1n) is 6.53. The minimum absolute atomic E-state index is 0.0995. The van der Waals surface area contributed by atoms with E-state index in [2.05, 4.69) is 10.6 Å². The third-order valence-electron chi connectivity index (χ3n) is 3.36. The number of anilines is 1. The van der Waals surface area contributed by atoms with Gasteiger partial charge in [-0.2, -0.15) is 0 Å². The summed E-state index contributed by atoms with van der Waals surface area (Å²) in [5.41, 5.74) is 0.424. The summed E-state index contributed by atoms with van der Waals surface area (Å²) >= 11 is 5.79. The van der Waals surface area contributed by atoms with Gasteiger partial charge in [0.05, 0.1) is 13.2 Å². The van der Waals surface area contributed by atoms with Gasteiger partial charge in [-0.1, -0.05) is 11.6 Å². The normalized spacial score (nSPS) is 21.9. The first-order valence-corrected chi connectivity index (χ1v) is 6.90. The molecule has 1 aromatic carbocycles. The quantitative estimate of drug-likeness (QED) is 0.839. The number of carbonyl (C=O) groups excluding carboxylic acids is 1. The van der Waals surface area contributed by atoms with Crippen LogP contribution in [-0.2, 0) is 14.3 Å². The van der Waals surface area contributed by atoms with E-state index < -0.39 is 0 Å². The largest absolute Gasteiger partial charge is 0.378 e. The minimum atomic E-state index is -0.305. The van der Waals surface area contributed by atoms with Crippen molar-refractivity contribution >= 4 is 23.2 Å². The lowest BCUT2D eigenvalue weighted by Gasteiger charge is -2.25. The van der Waals surface area contributed by atoms with Gasteiger partial charge in [-0.15, -0.1) is 0 Å². The standard InChI is InChI=1S/C14H19ClN2O3/c1-19-14(6-7-20-10-14)9-16-8-13(18)17-12-4-2-11(15)3-5-12/h2-5,16H,6-10H2,1H3,(H,17,18). The molecule has 1 aliphatic heterocycles. The van der Waals surface area contributed by atoms with Crippen LogP contribution in [-0.4, -0.2) is 44.9 Å². The highest BCUT2D eigenvalue weighted by Crippen LogP contribution is 2.21. The number of hydrogen-bond acceptors (Lipinski definition) is 4. The summed E-state index contributed by atoms with van der Waals surface area (Å²) in [6.45, 7) is 2.09. The number of benzene rings is 1. The predicted molar refractivity (Wildman–Crippen MR) is 78.1 cm³/mol. The van der Waals surface area contributed by atoms with E-state index in [-0.39, 0.29) is 18.1 Å². The molecule has 20 heavy (non-hydrogen) atoms. The highest BCUT2D eigenvalue weighted by Gasteiger charge is 2.34. The first kappa shape index (κ1) is 15.3. The predicted octanol–water partition coefficient (Wildman–Crippen LogP) is 1.67. The molecule has 0 aromatic heterocycles. The molecule has 1 saturated heterocycles. The molecular weight excluding hydrogens is 280 g/mol. The molecule has 1 amide bonds. The number of halogens is 1. The average molecular weight is 299 g/mol.